The molecule has 0 spiro atoms. The summed E-state index contributed by atoms with van der Waals surface area (Å²) in [6, 6.07) is 8.84. The normalized spacial score (nSPS) is 21.1. The Kier molecular flexibility index (Phi) is 6.26. The first-order chi connectivity index (χ1) is 12.1. The lowest BCUT2D eigenvalue weighted by molar-refractivity contribution is 0.0490. The number of rotatable bonds is 8. The molecule has 1 unspecified atom stereocenters. The van der Waals surface area contributed by atoms with Crippen molar-refractivity contribution >= 4 is 11.3 Å². The minimum Gasteiger partial charge on any atom is -0.381 e. The van der Waals surface area contributed by atoms with Crippen molar-refractivity contribution in [2.45, 2.75) is 46.6 Å². The molecule has 3 rings (SSSR count). The van der Waals surface area contributed by atoms with Gasteiger partial charge < -0.3 is 4.74 Å². The summed E-state index contributed by atoms with van der Waals surface area (Å²) < 4.78 is 5.89. The van der Waals surface area contributed by atoms with Crippen LogP contribution >= 0.6 is 11.3 Å². The van der Waals surface area contributed by atoms with Crippen LogP contribution in [0.4, 0.5) is 0 Å². The topological polar surface area (TPSA) is 25.4 Å². The highest BCUT2D eigenvalue weighted by atomic mass is 32.1. The lowest BCUT2D eigenvalue weighted by Crippen LogP contribution is -2.32. The van der Waals surface area contributed by atoms with Crippen LogP contribution in [0, 0.1) is 19.3 Å². The maximum absolute atomic E-state index is 5.89. The first-order valence-electron chi connectivity index (χ1n) is 9.35. The molecule has 1 fully saturated rings. The molecule has 4 heteroatoms. The summed E-state index contributed by atoms with van der Waals surface area (Å²) in [6.07, 6.45) is 5.64. The number of aryl methyl sites for hydroxylation is 3. The van der Waals surface area contributed by atoms with Crippen LogP contribution in [0.1, 0.15) is 40.8 Å². The monoisotopic (exact) mass is 358 g/mol. The van der Waals surface area contributed by atoms with Gasteiger partial charge in [-0.3, -0.25) is 9.88 Å². The predicted molar refractivity (Wildman–Crippen MR) is 105 cm³/mol. The molecule has 2 aromatic rings. The van der Waals surface area contributed by atoms with E-state index in [9.17, 15) is 0 Å². The summed E-state index contributed by atoms with van der Waals surface area (Å²) in [7, 11) is 0. The van der Waals surface area contributed by atoms with E-state index in [-0.39, 0.29) is 0 Å². The van der Waals surface area contributed by atoms with Gasteiger partial charge in [0.25, 0.3) is 0 Å². The van der Waals surface area contributed by atoms with E-state index in [2.05, 4.69) is 48.0 Å². The molecule has 2 aromatic heterocycles. The average Bonchev–Trinajstić information content (AvgIpc) is 3.20. The fourth-order valence-electron chi connectivity index (χ4n) is 3.73. The zero-order valence-electron chi connectivity index (χ0n) is 15.8. The van der Waals surface area contributed by atoms with Crippen molar-refractivity contribution < 1.29 is 4.74 Å². The SMILES string of the molecule is CCOCC1(CCc2ccc(C)s2)CCN(Cc2ccc(C)nc2)C1. The van der Waals surface area contributed by atoms with Crippen LogP contribution in [0.5, 0.6) is 0 Å². The fourth-order valence-corrected chi connectivity index (χ4v) is 4.62. The Morgan fingerprint density at radius 2 is 2.12 bits per heavy atom. The third-order valence-electron chi connectivity index (χ3n) is 5.21. The summed E-state index contributed by atoms with van der Waals surface area (Å²) in [4.78, 5) is 9.93. The third kappa shape index (κ3) is 5.13. The van der Waals surface area contributed by atoms with Crippen molar-refractivity contribution in [3.8, 4) is 0 Å². The van der Waals surface area contributed by atoms with Gasteiger partial charge in [0, 0.05) is 46.8 Å². The fraction of sp³-hybridized carbons (Fsp3) is 0.571. The number of thiophene rings is 1. The van der Waals surface area contributed by atoms with Crippen LogP contribution in [0.15, 0.2) is 30.5 Å². The molecule has 0 saturated carbocycles. The van der Waals surface area contributed by atoms with E-state index >= 15 is 0 Å². The maximum Gasteiger partial charge on any atom is 0.0535 e. The van der Waals surface area contributed by atoms with Crippen molar-refractivity contribution in [1.82, 2.24) is 9.88 Å². The highest BCUT2D eigenvalue weighted by Gasteiger charge is 2.38. The number of likely N-dealkylation sites (tertiary alicyclic amines) is 1. The highest BCUT2D eigenvalue weighted by molar-refractivity contribution is 7.11. The molecule has 0 N–H and O–H groups in total. The second-order valence-corrected chi connectivity index (χ2v) is 8.79. The Bertz CT molecular complexity index is 667. The van der Waals surface area contributed by atoms with Gasteiger partial charge >= 0.3 is 0 Å². The zero-order valence-corrected chi connectivity index (χ0v) is 16.6. The van der Waals surface area contributed by atoms with Crippen LogP contribution in [-0.2, 0) is 17.7 Å². The number of ether oxygens (including phenoxy) is 1. The molecule has 136 valence electrons. The Labute approximate surface area is 156 Å². The quantitative estimate of drug-likeness (QED) is 0.688. The lowest BCUT2D eigenvalue weighted by atomic mass is 9.83. The van der Waals surface area contributed by atoms with E-state index in [1.54, 1.807) is 0 Å². The number of hydrogen-bond donors (Lipinski definition) is 0. The van der Waals surface area contributed by atoms with Crippen molar-refractivity contribution in [3.05, 3.63) is 51.5 Å². The summed E-state index contributed by atoms with van der Waals surface area (Å²) >= 11 is 1.94. The maximum atomic E-state index is 5.89. The lowest BCUT2D eigenvalue weighted by Gasteiger charge is -2.29. The summed E-state index contributed by atoms with van der Waals surface area (Å²) in [5.74, 6) is 0. The van der Waals surface area contributed by atoms with Gasteiger partial charge in [0.15, 0.2) is 0 Å². The van der Waals surface area contributed by atoms with Gasteiger partial charge in [-0.15, -0.1) is 11.3 Å². The Morgan fingerprint density at radius 3 is 2.80 bits per heavy atom. The highest BCUT2D eigenvalue weighted by Crippen LogP contribution is 2.37. The van der Waals surface area contributed by atoms with Gasteiger partial charge in [-0.1, -0.05) is 6.07 Å². The zero-order chi connectivity index (χ0) is 17.7. The van der Waals surface area contributed by atoms with Gasteiger partial charge in [-0.25, -0.2) is 0 Å². The Morgan fingerprint density at radius 1 is 1.24 bits per heavy atom. The number of nitrogens with zero attached hydrogens (tertiary/aromatic N) is 2. The van der Waals surface area contributed by atoms with Crippen molar-refractivity contribution in [1.29, 1.82) is 0 Å². The van der Waals surface area contributed by atoms with E-state index in [1.165, 1.54) is 34.6 Å². The third-order valence-corrected chi connectivity index (χ3v) is 6.27. The minimum atomic E-state index is 0.298. The van der Waals surface area contributed by atoms with E-state index < -0.39 is 0 Å². The van der Waals surface area contributed by atoms with Crippen molar-refractivity contribution in [3.63, 3.8) is 0 Å². The molecule has 0 aromatic carbocycles. The van der Waals surface area contributed by atoms with Crippen LogP contribution < -0.4 is 0 Å². The molecule has 1 aliphatic heterocycles. The van der Waals surface area contributed by atoms with E-state index in [0.29, 0.717) is 5.41 Å². The molecule has 1 aliphatic rings. The van der Waals surface area contributed by atoms with E-state index in [4.69, 9.17) is 4.74 Å². The minimum absolute atomic E-state index is 0.298. The molecular formula is C21H30N2OS. The first kappa shape index (κ1) is 18.6. The van der Waals surface area contributed by atoms with E-state index in [1.807, 2.05) is 24.5 Å². The van der Waals surface area contributed by atoms with Gasteiger partial charge in [0.05, 0.1) is 6.61 Å². The van der Waals surface area contributed by atoms with Crippen molar-refractivity contribution in [2.24, 2.45) is 5.41 Å². The number of aromatic nitrogens is 1. The average molecular weight is 359 g/mol. The molecule has 0 radical (unpaired) electrons. The molecule has 0 aliphatic carbocycles. The molecule has 0 amide bonds. The van der Waals surface area contributed by atoms with E-state index in [0.717, 1.165) is 38.5 Å². The van der Waals surface area contributed by atoms with Gasteiger partial charge in [-0.05, 0) is 70.3 Å². The Hall–Kier alpha value is -1.23. The standard InChI is InChI=1S/C21H30N2OS/c1-4-24-16-21(10-9-20-8-6-18(3)25-20)11-12-23(15-21)14-19-7-5-17(2)22-13-19/h5-8,13H,4,9-12,14-16H2,1-3H3. The Balaban J connectivity index is 1.61. The molecule has 1 saturated heterocycles. The van der Waals surface area contributed by atoms with Gasteiger partial charge in [0.1, 0.15) is 0 Å². The second kappa shape index (κ2) is 8.43. The molecule has 3 nitrogen and oxygen atoms in total. The smallest absolute Gasteiger partial charge is 0.0535 e. The largest absolute Gasteiger partial charge is 0.381 e. The van der Waals surface area contributed by atoms with Crippen molar-refractivity contribution in [2.75, 3.05) is 26.3 Å². The van der Waals surface area contributed by atoms with Gasteiger partial charge in [-0.2, -0.15) is 0 Å². The molecule has 25 heavy (non-hydrogen) atoms. The second-order valence-electron chi connectivity index (χ2n) is 7.42. The summed E-state index contributed by atoms with van der Waals surface area (Å²) in [5, 5.41) is 0. The number of hydrogen-bond acceptors (Lipinski definition) is 4. The molecular weight excluding hydrogens is 328 g/mol. The molecule has 1 atom stereocenters. The summed E-state index contributed by atoms with van der Waals surface area (Å²) in [5.41, 5.74) is 2.69. The first-order valence-corrected chi connectivity index (χ1v) is 10.2. The molecule has 0 bridgehead atoms. The van der Waals surface area contributed by atoms with Crippen LogP contribution in [0.2, 0.25) is 0 Å². The van der Waals surface area contributed by atoms with Crippen LogP contribution in [0.25, 0.3) is 0 Å². The predicted octanol–water partition coefficient (Wildman–Crippen LogP) is 4.62. The van der Waals surface area contributed by atoms with Crippen LogP contribution in [0.3, 0.4) is 0 Å². The molecule has 3 heterocycles. The van der Waals surface area contributed by atoms with Crippen LogP contribution in [-0.4, -0.2) is 36.2 Å². The number of pyridine rings is 1. The van der Waals surface area contributed by atoms with Gasteiger partial charge in [0.2, 0.25) is 0 Å². The summed E-state index contributed by atoms with van der Waals surface area (Å²) in [6.45, 7) is 11.3.